The van der Waals surface area contributed by atoms with Crippen molar-refractivity contribution in [1.29, 1.82) is 0 Å². The van der Waals surface area contributed by atoms with Crippen molar-refractivity contribution < 1.29 is 0 Å². The highest BCUT2D eigenvalue weighted by atomic mass is 16.1. The fourth-order valence-corrected chi connectivity index (χ4v) is 3.20. The van der Waals surface area contributed by atoms with Gasteiger partial charge in [0.25, 0.3) is 5.56 Å². The molecule has 0 atom stereocenters. The van der Waals surface area contributed by atoms with E-state index in [0.29, 0.717) is 5.39 Å². The van der Waals surface area contributed by atoms with Crippen molar-refractivity contribution in [2.75, 3.05) is 31.5 Å². The van der Waals surface area contributed by atoms with Crippen LogP contribution in [0.25, 0.3) is 21.8 Å². The summed E-state index contributed by atoms with van der Waals surface area (Å²) in [6, 6.07) is 11.5. The topological polar surface area (TPSA) is 61.0 Å². The van der Waals surface area contributed by atoms with Crippen molar-refractivity contribution >= 4 is 27.6 Å². The fraction of sp³-hybridized carbons (Fsp3) is 0.400. The first kappa shape index (κ1) is 17.4. The van der Waals surface area contributed by atoms with E-state index in [0.717, 1.165) is 54.8 Å². The molecule has 0 spiro atoms. The maximum atomic E-state index is 12.1. The molecule has 0 bridgehead atoms. The Bertz CT molecular complexity index is 903. The molecular formula is C20H26N4O. The van der Waals surface area contributed by atoms with Gasteiger partial charge in [0.15, 0.2) is 0 Å². The van der Waals surface area contributed by atoms with Crippen LogP contribution in [0.5, 0.6) is 0 Å². The minimum Gasteiger partial charge on any atom is -0.370 e. The summed E-state index contributed by atoms with van der Waals surface area (Å²) < 4.78 is 0. The first-order valence-electron chi connectivity index (χ1n) is 9.11. The van der Waals surface area contributed by atoms with Gasteiger partial charge < -0.3 is 15.2 Å². The van der Waals surface area contributed by atoms with Gasteiger partial charge >= 0.3 is 0 Å². The number of H-pyrrole nitrogens is 1. The molecule has 25 heavy (non-hydrogen) atoms. The highest BCUT2D eigenvalue weighted by Crippen LogP contribution is 2.20. The minimum atomic E-state index is -0.0683. The summed E-state index contributed by atoms with van der Waals surface area (Å²) in [5, 5.41) is 4.98. The van der Waals surface area contributed by atoms with Crippen molar-refractivity contribution in [1.82, 2.24) is 14.9 Å². The summed E-state index contributed by atoms with van der Waals surface area (Å²) in [7, 11) is 0. The monoisotopic (exact) mass is 338 g/mol. The zero-order valence-corrected chi connectivity index (χ0v) is 15.0. The number of fused-ring (bicyclic) bond motifs is 3. The summed E-state index contributed by atoms with van der Waals surface area (Å²) in [6.07, 6.45) is 2.28. The van der Waals surface area contributed by atoms with Crippen LogP contribution < -0.4 is 10.9 Å². The van der Waals surface area contributed by atoms with Gasteiger partial charge in [-0.15, -0.1) is 0 Å². The molecule has 0 radical (unpaired) electrons. The predicted octanol–water partition coefficient (Wildman–Crippen LogP) is 3.61. The van der Waals surface area contributed by atoms with E-state index in [-0.39, 0.29) is 5.56 Å². The second kappa shape index (κ2) is 8.12. The molecule has 0 saturated carbocycles. The molecule has 5 nitrogen and oxygen atoms in total. The number of anilines is 1. The number of hydrogen-bond acceptors (Lipinski definition) is 4. The highest BCUT2D eigenvalue weighted by Gasteiger charge is 2.07. The molecule has 3 aromatic rings. The number of pyridine rings is 2. The highest BCUT2D eigenvalue weighted by molar-refractivity contribution is 6.03. The molecule has 0 aliphatic carbocycles. The molecule has 0 fully saturated rings. The Labute approximate surface area is 148 Å². The summed E-state index contributed by atoms with van der Waals surface area (Å²) in [6.45, 7) is 8.67. The van der Waals surface area contributed by atoms with Crippen molar-refractivity contribution in [3.8, 4) is 0 Å². The summed E-state index contributed by atoms with van der Waals surface area (Å²) in [5.74, 6) is 0.850. The van der Waals surface area contributed by atoms with Gasteiger partial charge in [0, 0.05) is 17.3 Å². The first-order valence-corrected chi connectivity index (χ1v) is 9.11. The third-order valence-corrected chi connectivity index (χ3v) is 4.51. The largest absolute Gasteiger partial charge is 0.370 e. The van der Waals surface area contributed by atoms with Crippen molar-refractivity contribution in [3.05, 3.63) is 46.8 Å². The van der Waals surface area contributed by atoms with E-state index in [1.54, 1.807) is 0 Å². The van der Waals surface area contributed by atoms with Crippen LogP contribution in [0, 0.1) is 0 Å². The summed E-state index contributed by atoms with van der Waals surface area (Å²) in [5.41, 5.74) is 1.54. The predicted molar refractivity (Wildman–Crippen MR) is 105 cm³/mol. The molecule has 0 aliphatic heterocycles. The number of nitrogens with one attached hydrogen (secondary N) is 2. The maximum absolute atomic E-state index is 12.1. The molecule has 5 heteroatoms. The van der Waals surface area contributed by atoms with Crippen LogP contribution in [-0.4, -0.2) is 41.0 Å². The lowest BCUT2D eigenvalue weighted by molar-refractivity contribution is 0.288. The molecule has 2 aromatic heterocycles. The zero-order valence-electron chi connectivity index (χ0n) is 15.0. The third-order valence-electron chi connectivity index (χ3n) is 4.51. The number of rotatable bonds is 8. The standard InChI is InChI=1S/C20H26N4O/c1-3-13-24(4-2)14-7-12-21-18-11-10-17-19(23-18)15-8-5-6-9-16(15)20(25)22-17/h5-6,8-11H,3-4,7,12-14H2,1-2H3,(H,21,23)(H,22,25). The molecule has 0 saturated heterocycles. The molecule has 2 N–H and O–H groups in total. The molecule has 0 aliphatic rings. The molecule has 0 amide bonds. The molecule has 0 unspecified atom stereocenters. The Morgan fingerprint density at radius 3 is 2.64 bits per heavy atom. The number of aromatic amines is 1. The van der Waals surface area contributed by atoms with E-state index < -0.39 is 0 Å². The van der Waals surface area contributed by atoms with Crippen LogP contribution in [-0.2, 0) is 0 Å². The Morgan fingerprint density at radius 2 is 1.88 bits per heavy atom. The second-order valence-corrected chi connectivity index (χ2v) is 6.31. The Kier molecular flexibility index (Phi) is 5.66. The maximum Gasteiger partial charge on any atom is 0.256 e. The van der Waals surface area contributed by atoms with Gasteiger partial charge in [-0.05, 0) is 50.7 Å². The van der Waals surface area contributed by atoms with Crippen molar-refractivity contribution in [2.24, 2.45) is 0 Å². The van der Waals surface area contributed by atoms with Crippen molar-refractivity contribution in [3.63, 3.8) is 0 Å². The average molecular weight is 338 g/mol. The van der Waals surface area contributed by atoms with E-state index in [1.165, 1.54) is 6.42 Å². The molecule has 2 heterocycles. The van der Waals surface area contributed by atoms with Gasteiger partial charge in [-0.25, -0.2) is 4.98 Å². The normalized spacial score (nSPS) is 11.5. The van der Waals surface area contributed by atoms with Gasteiger partial charge in [0.05, 0.1) is 11.0 Å². The Balaban J connectivity index is 1.74. The van der Waals surface area contributed by atoms with E-state index in [2.05, 4.69) is 29.0 Å². The van der Waals surface area contributed by atoms with Crippen LogP contribution >= 0.6 is 0 Å². The van der Waals surface area contributed by atoms with Crippen LogP contribution in [0.1, 0.15) is 26.7 Å². The van der Waals surface area contributed by atoms with Gasteiger partial charge in [-0.3, -0.25) is 4.79 Å². The lowest BCUT2D eigenvalue weighted by Crippen LogP contribution is -2.26. The van der Waals surface area contributed by atoms with Crippen LogP contribution in [0.15, 0.2) is 41.2 Å². The number of aromatic nitrogens is 2. The molecule has 3 rings (SSSR count). The van der Waals surface area contributed by atoms with Crippen LogP contribution in [0.2, 0.25) is 0 Å². The number of benzene rings is 1. The van der Waals surface area contributed by atoms with E-state index in [9.17, 15) is 4.79 Å². The van der Waals surface area contributed by atoms with Gasteiger partial charge in [-0.2, -0.15) is 0 Å². The van der Waals surface area contributed by atoms with E-state index in [1.807, 2.05) is 36.4 Å². The third kappa shape index (κ3) is 3.99. The molecule has 132 valence electrons. The zero-order chi connectivity index (χ0) is 17.6. The number of nitrogens with zero attached hydrogens (tertiary/aromatic N) is 2. The van der Waals surface area contributed by atoms with Gasteiger partial charge in [-0.1, -0.05) is 32.0 Å². The minimum absolute atomic E-state index is 0.0683. The van der Waals surface area contributed by atoms with Crippen molar-refractivity contribution in [2.45, 2.75) is 26.7 Å². The Hall–Kier alpha value is -2.40. The fourth-order valence-electron chi connectivity index (χ4n) is 3.20. The second-order valence-electron chi connectivity index (χ2n) is 6.31. The average Bonchev–Trinajstić information content (AvgIpc) is 2.65. The quantitative estimate of drug-likeness (QED) is 0.486. The summed E-state index contributed by atoms with van der Waals surface area (Å²) in [4.78, 5) is 22.2. The number of hydrogen-bond donors (Lipinski definition) is 2. The van der Waals surface area contributed by atoms with Crippen LogP contribution in [0.4, 0.5) is 5.82 Å². The van der Waals surface area contributed by atoms with E-state index in [4.69, 9.17) is 4.98 Å². The lowest BCUT2D eigenvalue weighted by Gasteiger charge is -2.19. The Morgan fingerprint density at radius 1 is 1.08 bits per heavy atom. The molecular weight excluding hydrogens is 312 g/mol. The smallest absolute Gasteiger partial charge is 0.256 e. The first-order chi connectivity index (χ1) is 12.2. The summed E-state index contributed by atoms with van der Waals surface area (Å²) >= 11 is 0. The van der Waals surface area contributed by atoms with Gasteiger partial charge in [0.2, 0.25) is 0 Å². The molecule has 1 aromatic carbocycles. The SMILES string of the molecule is CCCN(CC)CCCNc1ccc2[nH]c(=O)c3ccccc3c2n1. The van der Waals surface area contributed by atoms with Gasteiger partial charge in [0.1, 0.15) is 5.82 Å². The van der Waals surface area contributed by atoms with Crippen LogP contribution in [0.3, 0.4) is 0 Å². The van der Waals surface area contributed by atoms with E-state index >= 15 is 0 Å². The lowest BCUT2D eigenvalue weighted by atomic mass is 10.1.